The van der Waals surface area contributed by atoms with Gasteiger partial charge in [-0.25, -0.2) is 0 Å². The largest absolute Gasteiger partial charge is 0.431 e. The average molecular weight is 255 g/mol. The highest BCUT2D eigenvalue weighted by Crippen LogP contribution is 2.29. The molecule has 0 aliphatic carbocycles. The second-order valence-corrected chi connectivity index (χ2v) is 3.89. The number of halogens is 3. The second-order valence-electron chi connectivity index (χ2n) is 3.48. The minimum atomic E-state index is -4.40. The molecule has 17 heavy (non-hydrogen) atoms. The van der Waals surface area contributed by atoms with Gasteiger partial charge in [0.2, 0.25) is 0 Å². The van der Waals surface area contributed by atoms with Crippen molar-refractivity contribution in [1.82, 2.24) is 4.98 Å². The molecule has 0 aliphatic rings. The van der Waals surface area contributed by atoms with Crippen LogP contribution in [-0.2, 0) is 6.18 Å². The van der Waals surface area contributed by atoms with Crippen molar-refractivity contribution in [3.8, 4) is 11.1 Å². The molecule has 1 N–H and O–H groups in total. The Hall–Kier alpha value is -1.62. The highest BCUT2D eigenvalue weighted by atomic mass is 32.1. The molecule has 88 valence electrons. The van der Waals surface area contributed by atoms with Gasteiger partial charge in [0.25, 0.3) is 0 Å². The first-order valence-corrected chi connectivity index (χ1v) is 5.25. The van der Waals surface area contributed by atoms with Crippen LogP contribution < -0.4 is 0 Å². The van der Waals surface area contributed by atoms with Gasteiger partial charge < -0.3 is 4.98 Å². The molecule has 0 radical (unpaired) electrons. The maximum atomic E-state index is 12.4. The van der Waals surface area contributed by atoms with E-state index in [9.17, 15) is 13.2 Å². The lowest BCUT2D eigenvalue weighted by atomic mass is 10.1. The van der Waals surface area contributed by atoms with Crippen LogP contribution in [0, 0.1) is 4.64 Å². The summed E-state index contributed by atoms with van der Waals surface area (Å²) in [7, 11) is 0. The lowest BCUT2D eigenvalue weighted by molar-refractivity contribution is -0.141. The lowest BCUT2D eigenvalue weighted by Gasteiger charge is -2.08. The van der Waals surface area contributed by atoms with E-state index in [1.165, 1.54) is 6.07 Å². The van der Waals surface area contributed by atoms with Gasteiger partial charge in [-0.3, -0.25) is 0 Å². The third-order valence-corrected chi connectivity index (χ3v) is 2.62. The van der Waals surface area contributed by atoms with Crippen molar-refractivity contribution < 1.29 is 13.2 Å². The minimum Gasteiger partial charge on any atom is -0.342 e. The van der Waals surface area contributed by atoms with E-state index in [2.05, 4.69) is 4.98 Å². The van der Waals surface area contributed by atoms with Gasteiger partial charge in [-0.15, -0.1) is 0 Å². The first kappa shape index (κ1) is 11.9. The lowest BCUT2D eigenvalue weighted by Crippen LogP contribution is -2.07. The second kappa shape index (κ2) is 4.33. The van der Waals surface area contributed by atoms with Crippen molar-refractivity contribution in [3.63, 3.8) is 0 Å². The van der Waals surface area contributed by atoms with Crippen molar-refractivity contribution >= 4 is 12.2 Å². The normalized spacial score (nSPS) is 11.5. The summed E-state index contributed by atoms with van der Waals surface area (Å²) in [4.78, 5) is 2.20. The van der Waals surface area contributed by atoms with E-state index in [0.29, 0.717) is 5.56 Å². The van der Waals surface area contributed by atoms with Gasteiger partial charge >= 0.3 is 6.18 Å². The van der Waals surface area contributed by atoms with Gasteiger partial charge in [0.15, 0.2) is 0 Å². The zero-order chi connectivity index (χ0) is 12.5. The van der Waals surface area contributed by atoms with Crippen molar-refractivity contribution in [3.05, 3.63) is 52.8 Å². The van der Waals surface area contributed by atoms with Crippen LogP contribution in [0.5, 0.6) is 0 Å². The number of aromatic nitrogens is 1. The fraction of sp³-hybridized carbons (Fsp3) is 0.0833. The van der Waals surface area contributed by atoms with Gasteiger partial charge in [-0.2, -0.15) is 13.2 Å². The van der Waals surface area contributed by atoms with Gasteiger partial charge in [0.1, 0.15) is 10.3 Å². The predicted molar refractivity (Wildman–Crippen MR) is 62.1 cm³/mol. The molecule has 0 atom stereocenters. The van der Waals surface area contributed by atoms with Crippen LogP contribution in [0.2, 0.25) is 0 Å². The maximum absolute atomic E-state index is 12.4. The summed E-state index contributed by atoms with van der Waals surface area (Å²) in [5.41, 5.74) is 0.554. The Bertz CT molecular complexity index is 572. The maximum Gasteiger partial charge on any atom is 0.431 e. The highest BCUT2D eigenvalue weighted by Gasteiger charge is 2.31. The molecule has 0 spiro atoms. The standard InChI is InChI=1S/C12H8F3NS/c13-12(14,15)10-7-6-9(11(17)16-10)8-4-2-1-3-5-8/h1-7H,(H,16,17). The number of nitrogens with one attached hydrogen (secondary N) is 1. The Morgan fingerprint density at radius 3 is 2.12 bits per heavy atom. The molecule has 0 saturated heterocycles. The Balaban J connectivity index is 2.51. The highest BCUT2D eigenvalue weighted by molar-refractivity contribution is 7.71. The number of H-pyrrole nitrogens is 1. The third-order valence-electron chi connectivity index (χ3n) is 2.30. The molecule has 0 saturated carbocycles. The molecule has 1 nitrogen and oxygen atoms in total. The number of pyridine rings is 1. The summed E-state index contributed by atoms with van der Waals surface area (Å²) in [6.07, 6.45) is -4.40. The topological polar surface area (TPSA) is 15.8 Å². The van der Waals surface area contributed by atoms with E-state index >= 15 is 0 Å². The monoisotopic (exact) mass is 255 g/mol. The number of rotatable bonds is 1. The fourth-order valence-corrected chi connectivity index (χ4v) is 1.78. The molecule has 0 amide bonds. The van der Waals surface area contributed by atoms with E-state index in [1.54, 1.807) is 12.1 Å². The van der Waals surface area contributed by atoms with Crippen molar-refractivity contribution in [2.24, 2.45) is 0 Å². The molecule has 0 unspecified atom stereocenters. The molecule has 0 bridgehead atoms. The van der Waals surface area contributed by atoms with E-state index in [-0.39, 0.29) is 4.64 Å². The number of hydrogen-bond acceptors (Lipinski definition) is 1. The molecular weight excluding hydrogens is 247 g/mol. The summed E-state index contributed by atoms with van der Waals surface area (Å²) < 4.78 is 37.4. The summed E-state index contributed by atoms with van der Waals surface area (Å²) in [6, 6.07) is 11.4. The van der Waals surface area contributed by atoms with Crippen LogP contribution in [-0.4, -0.2) is 4.98 Å². The van der Waals surface area contributed by atoms with Crippen LogP contribution in [0.15, 0.2) is 42.5 Å². The van der Waals surface area contributed by atoms with Crippen molar-refractivity contribution in [2.45, 2.75) is 6.18 Å². The molecule has 0 fully saturated rings. The average Bonchev–Trinajstić information content (AvgIpc) is 2.29. The molecule has 1 aromatic heterocycles. The van der Waals surface area contributed by atoms with Crippen LogP contribution in [0.3, 0.4) is 0 Å². The Morgan fingerprint density at radius 1 is 0.941 bits per heavy atom. The van der Waals surface area contributed by atoms with Crippen LogP contribution in [0.4, 0.5) is 13.2 Å². The number of benzene rings is 1. The van der Waals surface area contributed by atoms with Gasteiger partial charge in [0, 0.05) is 5.56 Å². The minimum absolute atomic E-state index is 0.0889. The number of aromatic amines is 1. The van der Waals surface area contributed by atoms with Gasteiger partial charge in [-0.05, 0) is 17.7 Å². The summed E-state index contributed by atoms with van der Waals surface area (Å²) >= 11 is 4.93. The summed E-state index contributed by atoms with van der Waals surface area (Å²) in [5.74, 6) is 0. The Labute approximate surface area is 101 Å². The van der Waals surface area contributed by atoms with Gasteiger partial charge in [-0.1, -0.05) is 42.5 Å². The first-order chi connectivity index (χ1) is 7.98. The Morgan fingerprint density at radius 2 is 1.59 bits per heavy atom. The molecule has 0 aliphatic heterocycles. The molecule has 1 aromatic carbocycles. The van der Waals surface area contributed by atoms with E-state index < -0.39 is 11.9 Å². The summed E-state index contributed by atoms with van der Waals surface area (Å²) in [6.45, 7) is 0. The molecular formula is C12H8F3NS. The molecule has 1 heterocycles. The van der Waals surface area contributed by atoms with E-state index in [1.807, 2.05) is 18.2 Å². The van der Waals surface area contributed by atoms with E-state index in [0.717, 1.165) is 11.6 Å². The van der Waals surface area contributed by atoms with Gasteiger partial charge in [0.05, 0.1) is 0 Å². The molecule has 2 rings (SSSR count). The summed E-state index contributed by atoms with van der Waals surface area (Å²) in [5, 5.41) is 0. The van der Waals surface area contributed by atoms with Crippen molar-refractivity contribution in [1.29, 1.82) is 0 Å². The predicted octanol–water partition coefficient (Wildman–Crippen LogP) is 4.43. The zero-order valence-corrected chi connectivity index (χ0v) is 9.40. The van der Waals surface area contributed by atoms with Crippen molar-refractivity contribution in [2.75, 3.05) is 0 Å². The third kappa shape index (κ3) is 2.55. The Kier molecular flexibility index (Phi) is 3.02. The SMILES string of the molecule is FC(F)(F)c1ccc(-c2ccccc2)c(=S)[nH]1. The first-order valence-electron chi connectivity index (χ1n) is 4.84. The fourth-order valence-electron chi connectivity index (χ4n) is 1.48. The smallest absolute Gasteiger partial charge is 0.342 e. The quantitative estimate of drug-likeness (QED) is 0.745. The van der Waals surface area contributed by atoms with Crippen LogP contribution in [0.25, 0.3) is 11.1 Å². The molecule has 5 heteroatoms. The van der Waals surface area contributed by atoms with Crippen LogP contribution in [0.1, 0.15) is 5.69 Å². The van der Waals surface area contributed by atoms with E-state index in [4.69, 9.17) is 12.2 Å². The van der Waals surface area contributed by atoms with Crippen LogP contribution >= 0.6 is 12.2 Å². The number of hydrogen-bond donors (Lipinski definition) is 1. The number of alkyl halides is 3. The zero-order valence-electron chi connectivity index (χ0n) is 8.58. The molecule has 2 aromatic rings.